The van der Waals surface area contributed by atoms with E-state index < -0.39 is 0 Å². The van der Waals surface area contributed by atoms with Gasteiger partial charge in [-0.15, -0.1) is 23.7 Å². The van der Waals surface area contributed by atoms with Crippen molar-refractivity contribution in [3.8, 4) is 0 Å². The molecule has 3 nitrogen and oxygen atoms in total. The van der Waals surface area contributed by atoms with Crippen molar-refractivity contribution in [2.45, 2.75) is 38.8 Å². The van der Waals surface area contributed by atoms with Crippen LogP contribution in [0, 0.1) is 6.92 Å². The average Bonchev–Trinajstić information content (AvgIpc) is 2.73. The predicted octanol–water partition coefficient (Wildman–Crippen LogP) is 2.24. The maximum Gasteiger partial charge on any atom is 0.237 e. The van der Waals surface area contributed by atoms with Crippen molar-refractivity contribution in [2.24, 2.45) is 0 Å². The molecule has 17 heavy (non-hydrogen) atoms. The number of nitrogens with one attached hydrogen (secondary N) is 2. The van der Waals surface area contributed by atoms with Crippen molar-refractivity contribution < 1.29 is 4.79 Å². The highest BCUT2D eigenvalue weighted by atomic mass is 35.5. The Morgan fingerprint density at radius 3 is 3.00 bits per heavy atom. The quantitative estimate of drug-likeness (QED) is 0.888. The normalized spacial score (nSPS) is 19.5. The van der Waals surface area contributed by atoms with Gasteiger partial charge in [-0.05, 0) is 43.3 Å². The van der Waals surface area contributed by atoms with Crippen LogP contribution in [0.4, 0.5) is 0 Å². The minimum absolute atomic E-state index is 0. The minimum atomic E-state index is 0. The highest BCUT2D eigenvalue weighted by molar-refractivity contribution is 7.10. The van der Waals surface area contributed by atoms with Gasteiger partial charge in [-0.1, -0.05) is 6.42 Å². The first kappa shape index (κ1) is 14.5. The van der Waals surface area contributed by atoms with Gasteiger partial charge in [0.1, 0.15) is 0 Å². The zero-order valence-electron chi connectivity index (χ0n) is 9.99. The summed E-state index contributed by atoms with van der Waals surface area (Å²) in [5, 5.41) is 8.32. The molecule has 0 radical (unpaired) electrons. The van der Waals surface area contributed by atoms with Crippen LogP contribution in [0.3, 0.4) is 0 Å². The molecule has 5 heteroatoms. The number of hydrogen-bond donors (Lipinski definition) is 2. The van der Waals surface area contributed by atoms with Gasteiger partial charge in [-0.25, -0.2) is 0 Å². The second kappa shape index (κ2) is 6.99. The maximum atomic E-state index is 11.8. The summed E-state index contributed by atoms with van der Waals surface area (Å²) in [6.45, 7) is 3.72. The Hall–Kier alpha value is -0.580. The van der Waals surface area contributed by atoms with Gasteiger partial charge in [0.15, 0.2) is 0 Å². The van der Waals surface area contributed by atoms with Crippen molar-refractivity contribution in [3.05, 3.63) is 21.9 Å². The molecule has 2 heterocycles. The van der Waals surface area contributed by atoms with Crippen LogP contribution in [0.5, 0.6) is 0 Å². The largest absolute Gasteiger partial charge is 0.350 e. The third-order valence-corrected chi connectivity index (χ3v) is 4.04. The zero-order valence-corrected chi connectivity index (χ0v) is 11.6. The SMILES string of the molecule is Cc1ccsc1CNC(=O)[C@H]1CCCCN1.Cl. The Bertz CT molecular complexity index is 361. The van der Waals surface area contributed by atoms with Crippen LogP contribution in [0.25, 0.3) is 0 Å². The first-order valence-electron chi connectivity index (χ1n) is 5.81. The maximum absolute atomic E-state index is 11.8. The molecule has 0 bridgehead atoms. The van der Waals surface area contributed by atoms with E-state index in [1.807, 2.05) is 0 Å². The molecule has 1 aromatic heterocycles. The standard InChI is InChI=1S/C12H18N2OS.ClH/c1-9-5-7-16-11(9)8-14-12(15)10-4-2-3-6-13-10;/h5,7,10,13H,2-4,6,8H2,1H3,(H,14,15);1H/t10-;/m1./s1. The third kappa shape index (κ3) is 3.98. The van der Waals surface area contributed by atoms with Crippen LogP contribution >= 0.6 is 23.7 Å². The Morgan fingerprint density at radius 2 is 2.41 bits per heavy atom. The molecule has 0 aliphatic carbocycles. The van der Waals surface area contributed by atoms with Crippen molar-refractivity contribution in [3.63, 3.8) is 0 Å². The van der Waals surface area contributed by atoms with E-state index in [4.69, 9.17) is 0 Å². The fourth-order valence-corrected chi connectivity index (χ4v) is 2.80. The summed E-state index contributed by atoms with van der Waals surface area (Å²) in [6.07, 6.45) is 3.31. The zero-order chi connectivity index (χ0) is 11.4. The molecule has 1 aromatic rings. The summed E-state index contributed by atoms with van der Waals surface area (Å²) in [4.78, 5) is 13.1. The highest BCUT2D eigenvalue weighted by Crippen LogP contribution is 2.15. The number of piperidine rings is 1. The second-order valence-electron chi connectivity index (χ2n) is 4.25. The van der Waals surface area contributed by atoms with Gasteiger partial charge in [-0.2, -0.15) is 0 Å². The molecule has 96 valence electrons. The lowest BCUT2D eigenvalue weighted by molar-refractivity contribution is -0.123. The summed E-state index contributed by atoms with van der Waals surface area (Å²) < 4.78 is 0. The van der Waals surface area contributed by atoms with Crippen molar-refractivity contribution in [2.75, 3.05) is 6.54 Å². The Labute approximate surface area is 112 Å². The van der Waals surface area contributed by atoms with Gasteiger partial charge >= 0.3 is 0 Å². The molecule has 0 spiro atoms. The van der Waals surface area contributed by atoms with Gasteiger partial charge in [-0.3, -0.25) is 4.79 Å². The van der Waals surface area contributed by atoms with E-state index >= 15 is 0 Å². The number of carbonyl (C=O) groups is 1. The topological polar surface area (TPSA) is 41.1 Å². The average molecular weight is 275 g/mol. The number of carbonyl (C=O) groups excluding carboxylic acids is 1. The number of hydrogen-bond acceptors (Lipinski definition) is 3. The number of amides is 1. The van der Waals surface area contributed by atoms with Gasteiger partial charge < -0.3 is 10.6 Å². The van der Waals surface area contributed by atoms with Gasteiger partial charge in [0, 0.05) is 4.88 Å². The molecule has 1 atom stereocenters. The van der Waals surface area contributed by atoms with Crippen molar-refractivity contribution in [1.82, 2.24) is 10.6 Å². The Kier molecular flexibility index (Phi) is 5.95. The van der Waals surface area contributed by atoms with Crippen molar-refractivity contribution in [1.29, 1.82) is 0 Å². The van der Waals surface area contributed by atoms with E-state index in [1.54, 1.807) is 11.3 Å². The molecular formula is C12H19ClN2OS. The second-order valence-corrected chi connectivity index (χ2v) is 5.25. The molecule has 0 aromatic carbocycles. The van der Waals surface area contributed by atoms with Crippen molar-refractivity contribution >= 4 is 29.7 Å². The van der Waals surface area contributed by atoms with E-state index in [0.717, 1.165) is 19.4 Å². The summed E-state index contributed by atoms with van der Waals surface area (Å²) >= 11 is 1.70. The molecule has 0 unspecified atom stereocenters. The minimum Gasteiger partial charge on any atom is -0.350 e. The van der Waals surface area contributed by atoms with Crippen LogP contribution in [-0.4, -0.2) is 18.5 Å². The molecular weight excluding hydrogens is 256 g/mol. The summed E-state index contributed by atoms with van der Waals surface area (Å²) in [5.74, 6) is 0.146. The van der Waals surface area contributed by atoms with Crippen LogP contribution in [0.15, 0.2) is 11.4 Å². The number of halogens is 1. The number of rotatable bonds is 3. The van der Waals surface area contributed by atoms with Gasteiger partial charge in [0.05, 0.1) is 12.6 Å². The van der Waals surface area contributed by atoms with Crippen LogP contribution in [0.1, 0.15) is 29.7 Å². The Balaban J connectivity index is 0.00000144. The molecule has 0 saturated carbocycles. The van der Waals surface area contributed by atoms with Crippen LogP contribution in [0.2, 0.25) is 0 Å². The first-order valence-corrected chi connectivity index (χ1v) is 6.69. The first-order chi connectivity index (χ1) is 7.77. The molecule has 1 saturated heterocycles. The van der Waals surface area contributed by atoms with E-state index in [9.17, 15) is 4.79 Å². The number of thiophene rings is 1. The lowest BCUT2D eigenvalue weighted by atomic mass is 10.0. The monoisotopic (exact) mass is 274 g/mol. The Morgan fingerprint density at radius 1 is 1.59 bits per heavy atom. The fourth-order valence-electron chi connectivity index (χ4n) is 1.95. The van der Waals surface area contributed by atoms with E-state index in [1.165, 1.54) is 16.9 Å². The lowest BCUT2D eigenvalue weighted by Gasteiger charge is -2.22. The smallest absolute Gasteiger partial charge is 0.237 e. The lowest BCUT2D eigenvalue weighted by Crippen LogP contribution is -2.46. The molecule has 1 fully saturated rings. The molecule has 2 N–H and O–H groups in total. The summed E-state index contributed by atoms with van der Waals surface area (Å²) in [5.41, 5.74) is 1.27. The fraction of sp³-hybridized carbons (Fsp3) is 0.583. The molecule has 2 rings (SSSR count). The number of aryl methyl sites for hydroxylation is 1. The highest BCUT2D eigenvalue weighted by Gasteiger charge is 2.19. The van der Waals surface area contributed by atoms with E-state index in [-0.39, 0.29) is 24.4 Å². The van der Waals surface area contributed by atoms with E-state index in [0.29, 0.717) is 6.54 Å². The molecule has 1 aliphatic heterocycles. The van der Waals surface area contributed by atoms with Crippen LogP contribution in [-0.2, 0) is 11.3 Å². The molecule has 1 aliphatic rings. The van der Waals surface area contributed by atoms with E-state index in [2.05, 4.69) is 29.0 Å². The molecule has 1 amide bonds. The third-order valence-electron chi connectivity index (χ3n) is 3.02. The predicted molar refractivity (Wildman–Crippen MR) is 73.8 cm³/mol. The van der Waals surface area contributed by atoms with Gasteiger partial charge in [0.25, 0.3) is 0 Å². The summed E-state index contributed by atoms with van der Waals surface area (Å²) in [6, 6.07) is 2.11. The van der Waals surface area contributed by atoms with Gasteiger partial charge in [0.2, 0.25) is 5.91 Å². The van der Waals surface area contributed by atoms with Crippen LogP contribution < -0.4 is 10.6 Å². The summed E-state index contributed by atoms with van der Waals surface area (Å²) in [7, 11) is 0.